The van der Waals surface area contributed by atoms with Gasteiger partial charge in [0.2, 0.25) is 11.8 Å². The Balaban J connectivity index is 0.795. The van der Waals surface area contributed by atoms with E-state index in [-0.39, 0.29) is 59.9 Å². The van der Waals surface area contributed by atoms with Crippen LogP contribution in [0.4, 0.5) is 0 Å². The van der Waals surface area contributed by atoms with Crippen LogP contribution in [0.15, 0.2) is 0 Å². The summed E-state index contributed by atoms with van der Waals surface area (Å²) < 4.78 is 11.7. The third kappa shape index (κ3) is 5.41. The van der Waals surface area contributed by atoms with Gasteiger partial charge in [-0.15, -0.1) is 0 Å². The van der Waals surface area contributed by atoms with Crippen molar-refractivity contribution in [1.82, 2.24) is 10.6 Å². The first-order chi connectivity index (χ1) is 22.9. The van der Waals surface area contributed by atoms with Gasteiger partial charge in [0, 0.05) is 11.1 Å². The molecule has 12 bridgehead atoms. The summed E-state index contributed by atoms with van der Waals surface area (Å²) in [7, 11) is 0. The van der Waals surface area contributed by atoms with Gasteiger partial charge in [0.05, 0.1) is 10.8 Å². The third-order valence-corrected chi connectivity index (χ3v) is 15.2. The second-order valence-electron chi connectivity index (χ2n) is 19.3. The first kappa shape index (κ1) is 31.8. The van der Waals surface area contributed by atoms with E-state index in [1.165, 1.54) is 38.5 Å². The van der Waals surface area contributed by atoms with Crippen LogP contribution in [0.2, 0.25) is 0 Å². The summed E-state index contributed by atoms with van der Waals surface area (Å²) in [4.78, 5) is 54.2. The molecular formula is C38H56N4O6. The Labute approximate surface area is 284 Å². The van der Waals surface area contributed by atoms with Gasteiger partial charge in [-0.25, -0.2) is 0 Å². The number of hydrogen-bond acceptors (Lipinski definition) is 8. The fourth-order valence-corrected chi connectivity index (χ4v) is 14.8. The number of ether oxygens (including phenoxy) is 2. The average Bonchev–Trinajstić information content (AvgIpc) is 2.99. The highest BCUT2D eigenvalue weighted by Crippen LogP contribution is 2.66. The quantitative estimate of drug-likeness (QED) is 0.258. The van der Waals surface area contributed by atoms with Crippen LogP contribution in [0.3, 0.4) is 0 Å². The van der Waals surface area contributed by atoms with Gasteiger partial charge < -0.3 is 31.6 Å². The lowest BCUT2D eigenvalue weighted by Gasteiger charge is -2.59. The van der Waals surface area contributed by atoms with E-state index in [9.17, 15) is 19.2 Å². The van der Waals surface area contributed by atoms with Gasteiger partial charge in [-0.05, 0) is 163 Å². The molecule has 12 aliphatic rings. The van der Waals surface area contributed by atoms with E-state index in [4.69, 9.17) is 20.9 Å². The molecule has 0 aromatic rings. The van der Waals surface area contributed by atoms with Crippen molar-refractivity contribution in [3.63, 3.8) is 0 Å². The molecule has 12 saturated carbocycles. The number of carbonyl (C=O) groups excluding carboxylic acids is 4. The zero-order valence-corrected chi connectivity index (χ0v) is 28.5. The molecule has 10 nitrogen and oxygen atoms in total. The fourth-order valence-electron chi connectivity index (χ4n) is 14.8. The molecule has 264 valence electrons. The molecule has 2 amide bonds. The van der Waals surface area contributed by atoms with Gasteiger partial charge in [0.15, 0.2) is 0 Å². The molecule has 6 N–H and O–H groups in total. The number of hydrogen-bond donors (Lipinski definition) is 4. The van der Waals surface area contributed by atoms with Gasteiger partial charge >= 0.3 is 11.9 Å². The molecule has 0 radical (unpaired) electrons. The first-order valence-electron chi connectivity index (χ1n) is 19.4. The minimum Gasteiger partial charge on any atom is -0.463 e. The molecule has 12 rings (SSSR count). The predicted octanol–water partition coefficient (Wildman–Crippen LogP) is 3.48. The maximum absolute atomic E-state index is 13.8. The minimum absolute atomic E-state index is 0.141. The van der Waals surface area contributed by atoms with Crippen molar-refractivity contribution in [1.29, 1.82) is 0 Å². The van der Waals surface area contributed by atoms with E-state index in [2.05, 4.69) is 10.6 Å². The highest BCUT2D eigenvalue weighted by molar-refractivity contribution is 5.86. The molecule has 10 heteroatoms. The maximum atomic E-state index is 13.8. The molecule has 0 spiro atoms. The lowest BCUT2D eigenvalue weighted by Crippen LogP contribution is -2.63. The Hall–Kier alpha value is -2.20. The van der Waals surface area contributed by atoms with E-state index in [0.717, 1.165) is 44.9 Å². The largest absolute Gasteiger partial charge is 0.463 e. The minimum atomic E-state index is -0.916. The molecule has 12 aliphatic carbocycles. The van der Waals surface area contributed by atoms with Crippen LogP contribution in [0.25, 0.3) is 0 Å². The second kappa shape index (κ2) is 11.1. The lowest BCUT2D eigenvalue weighted by atomic mass is 9.44. The maximum Gasteiger partial charge on any atom is 0.312 e. The van der Waals surface area contributed by atoms with E-state index in [0.29, 0.717) is 67.6 Å². The number of nitrogens with two attached hydrogens (primary N) is 2. The summed E-state index contributed by atoms with van der Waals surface area (Å²) in [5.74, 6) is 3.62. The van der Waals surface area contributed by atoms with Crippen molar-refractivity contribution >= 4 is 23.8 Å². The van der Waals surface area contributed by atoms with Crippen molar-refractivity contribution in [2.45, 2.75) is 139 Å². The van der Waals surface area contributed by atoms with Gasteiger partial charge in [0.1, 0.15) is 25.3 Å². The predicted molar refractivity (Wildman–Crippen MR) is 176 cm³/mol. The van der Waals surface area contributed by atoms with Crippen LogP contribution in [0, 0.1) is 58.2 Å². The average molecular weight is 665 g/mol. The summed E-state index contributed by atoms with van der Waals surface area (Å²) in [5, 5.41) is 6.63. The van der Waals surface area contributed by atoms with Crippen molar-refractivity contribution in [3.05, 3.63) is 0 Å². The zero-order chi connectivity index (χ0) is 33.1. The first-order valence-corrected chi connectivity index (χ1v) is 19.4. The number of amides is 2. The number of nitrogens with one attached hydrogen (secondary N) is 2. The summed E-state index contributed by atoms with van der Waals surface area (Å²) in [5.41, 5.74) is 10.9. The summed E-state index contributed by atoms with van der Waals surface area (Å²) in [6.07, 6.45) is 18.2. The van der Waals surface area contributed by atoms with Crippen LogP contribution in [0.1, 0.15) is 116 Å². The van der Waals surface area contributed by atoms with E-state index >= 15 is 0 Å². The van der Waals surface area contributed by atoms with Crippen molar-refractivity contribution in [2.75, 3.05) is 13.2 Å². The Morgan fingerprint density at radius 3 is 1.10 bits per heavy atom. The number of carbonyl (C=O) groups is 4. The van der Waals surface area contributed by atoms with Gasteiger partial charge in [-0.3, -0.25) is 19.2 Å². The van der Waals surface area contributed by atoms with Crippen LogP contribution in [-0.4, -0.2) is 60.1 Å². The van der Waals surface area contributed by atoms with Crippen LogP contribution in [-0.2, 0) is 28.7 Å². The Morgan fingerprint density at radius 1 is 0.500 bits per heavy atom. The van der Waals surface area contributed by atoms with Crippen LogP contribution < -0.4 is 22.1 Å². The van der Waals surface area contributed by atoms with Crippen molar-refractivity contribution < 1.29 is 28.7 Å². The molecule has 48 heavy (non-hydrogen) atoms. The molecule has 2 atom stereocenters. The number of rotatable bonds is 10. The number of esters is 2. The van der Waals surface area contributed by atoms with Gasteiger partial charge in [-0.1, -0.05) is 0 Å². The fraction of sp³-hybridized carbons (Fsp3) is 0.895. The molecule has 0 unspecified atom stereocenters. The third-order valence-electron chi connectivity index (χ3n) is 15.2. The zero-order valence-electron chi connectivity index (χ0n) is 28.5. The van der Waals surface area contributed by atoms with Crippen LogP contribution in [0.5, 0.6) is 0 Å². The monoisotopic (exact) mass is 664 g/mol. The molecular weight excluding hydrogens is 608 g/mol. The van der Waals surface area contributed by atoms with E-state index < -0.39 is 22.9 Å². The molecule has 0 aromatic heterocycles. The van der Waals surface area contributed by atoms with Gasteiger partial charge in [0.25, 0.3) is 0 Å². The molecule has 0 aliphatic heterocycles. The summed E-state index contributed by atoms with van der Waals surface area (Å²) >= 11 is 0. The molecule has 0 heterocycles. The van der Waals surface area contributed by atoms with E-state index in [1.807, 2.05) is 0 Å². The molecule has 12 fully saturated rings. The highest BCUT2D eigenvalue weighted by Gasteiger charge is 2.64. The molecule has 0 aromatic carbocycles. The smallest absolute Gasteiger partial charge is 0.312 e. The normalized spacial score (nSPS) is 48.2. The standard InChI is InChI=1S/C38H56N4O6/c39-29(31(43)41-37-12-21-1-22(13-37)3-23(2-21)14-37)18-47-33(45)35-8-27-7-28(9-35)11-36(10-27,20-35)34(46)48-19-30(40)32(44)42-38-15-24-4-25(16-38)6-26(5-24)17-38/h21-30H,1-20,39-40H2,(H,41,43)(H,42,44)/t21?,22?,23?,24?,25?,26?,27?,28?,29-,30-,35?,36?,37?,38?/m0/s1. The summed E-state index contributed by atoms with van der Waals surface area (Å²) in [6.45, 7) is -0.307. The van der Waals surface area contributed by atoms with Crippen molar-refractivity contribution in [3.8, 4) is 0 Å². The topological polar surface area (TPSA) is 163 Å². The van der Waals surface area contributed by atoms with Gasteiger partial charge in [-0.2, -0.15) is 0 Å². The van der Waals surface area contributed by atoms with E-state index in [1.54, 1.807) is 0 Å². The molecule has 0 saturated heterocycles. The Bertz CT molecular complexity index is 1200. The SMILES string of the molecule is N[C@@H](COC(=O)C12CC3CC(C1)CC(C(=O)OC[C@H](N)C(=O)NC14CC5CC(CC(C5)C1)C4)(C3)C2)C(=O)NC12CC3CC(CC(C3)C1)C2. The second-order valence-corrected chi connectivity index (χ2v) is 19.3. The van der Waals surface area contributed by atoms with Crippen molar-refractivity contribution in [2.24, 2.45) is 69.6 Å². The Morgan fingerprint density at radius 2 is 0.792 bits per heavy atom. The highest BCUT2D eigenvalue weighted by atomic mass is 16.5. The Kier molecular flexibility index (Phi) is 7.38. The summed E-state index contributed by atoms with van der Waals surface area (Å²) in [6, 6.07) is -1.83. The van der Waals surface area contributed by atoms with Crippen LogP contribution >= 0.6 is 0 Å². The lowest BCUT2D eigenvalue weighted by molar-refractivity contribution is -0.194.